The van der Waals surface area contributed by atoms with Crippen molar-refractivity contribution >= 4 is 5.91 Å². The van der Waals surface area contributed by atoms with Gasteiger partial charge in [0.25, 0.3) is 5.91 Å². The third-order valence-electron chi connectivity index (χ3n) is 3.27. The van der Waals surface area contributed by atoms with Gasteiger partial charge in [-0.25, -0.2) is 4.39 Å². The lowest BCUT2D eigenvalue weighted by Crippen LogP contribution is -2.35. The fourth-order valence-electron chi connectivity index (χ4n) is 1.74. The van der Waals surface area contributed by atoms with Crippen LogP contribution < -0.4 is 10.1 Å². The van der Waals surface area contributed by atoms with Crippen LogP contribution >= 0.6 is 0 Å². The Labute approximate surface area is 119 Å². The number of rotatable bonds is 7. The maximum absolute atomic E-state index is 13.6. The number of carbonyl (C=O) groups excluding carboxylic acids is 1. The first-order chi connectivity index (χ1) is 9.51. The molecular formula is C15H22FNO3. The number of nitrogens with one attached hydrogen (secondary N) is 1. The van der Waals surface area contributed by atoms with Crippen LogP contribution in [0.15, 0.2) is 18.2 Å². The molecule has 2 N–H and O–H groups in total. The third-order valence-corrected chi connectivity index (χ3v) is 3.27. The molecule has 0 saturated carbocycles. The van der Waals surface area contributed by atoms with Crippen LogP contribution in [0.1, 0.15) is 37.6 Å². The topological polar surface area (TPSA) is 58.6 Å². The van der Waals surface area contributed by atoms with E-state index in [1.807, 2.05) is 13.8 Å². The maximum atomic E-state index is 13.6. The molecule has 112 valence electrons. The Morgan fingerprint density at radius 3 is 2.75 bits per heavy atom. The van der Waals surface area contributed by atoms with Crippen molar-refractivity contribution < 1.29 is 19.0 Å². The third kappa shape index (κ3) is 4.20. The van der Waals surface area contributed by atoms with Gasteiger partial charge in [0.2, 0.25) is 0 Å². The predicted octanol–water partition coefficient (Wildman–Crippen LogP) is 2.36. The van der Waals surface area contributed by atoms with E-state index in [4.69, 9.17) is 4.74 Å². The van der Waals surface area contributed by atoms with Gasteiger partial charge in [0, 0.05) is 6.54 Å². The van der Waals surface area contributed by atoms with Crippen LogP contribution in [0, 0.1) is 11.7 Å². The summed E-state index contributed by atoms with van der Waals surface area (Å²) in [5.74, 6) is -0.975. The summed E-state index contributed by atoms with van der Waals surface area (Å²) in [7, 11) is 0. The largest absolute Gasteiger partial charge is 0.490 e. The minimum absolute atomic E-state index is 0.0504. The molecule has 0 aromatic heterocycles. The zero-order valence-electron chi connectivity index (χ0n) is 12.1. The number of benzene rings is 1. The summed E-state index contributed by atoms with van der Waals surface area (Å²) >= 11 is 0. The van der Waals surface area contributed by atoms with Gasteiger partial charge in [-0.05, 0) is 25.0 Å². The highest BCUT2D eigenvalue weighted by Crippen LogP contribution is 2.22. The zero-order chi connectivity index (χ0) is 15.1. The van der Waals surface area contributed by atoms with E-state index in [-0.39, 0.29) is 30.4 Å². The van der Waals surface area contributed by atoms with Crippen LogP contribution in [0.3, 0.4) is 0 Å². The van der Waals surface area contributed by atoms with Gasteiger partial charge in [0.1, 0.15) is 0 Å². The predicted molar refractivity (Wildman–Crippen MR) is 75.4 cm³/mol. The number of hydrogen-bond acceptors (Lipinski definition) is 3. The van der Waals surface area contributed by atoms with Gasteiger partial charge in [0.15, 0.2) is 11.6 Å². The van der Waals surface area contributed by atoms with Gasteiger partial charge in [-0.1, -0.05) is 26.3 Å². The Hall–Kier alpha value is -1.62. The van der Waals surface area contributed by atoms with E-state index in [2.05, 4.69) is 5.32 Å². The Balaban J connectivity index is 2.75. The van der Waals surface area contributed by atoms with E-state index >= 15 is 0 Å². The van der Waals surface area contributed by atoms with Crippen molar-refractivity contribution in [2.45, 2.75) is 33.3 Å². The fourth-order valence-corrected chi connectivity index (χ4v) is 1.74. The number of amides is 1. The number of hydrogen-bond donors (Lipinski definition) is 2. The summed E-state index contributed by atoms with van der Waals surface area (Å²) in [5.41, 5.74) is 0.142. The molecule has 2 unspecified atom stereocenters. The minimum atomic E-state index is -0.618. The van der Waals surface area contributed by atoms with Gasteiger partial charge in [-0.3, -0.25) is 4.79 Å². The fraction of sp³-hybridized carbons (Fsp3) is 0.533. The zero-order valence-corrected chi connectivity index (χ0v) is 12.1. The van der Waals surface area contributed by atoms with Gasteiger partial charge < -0.3 is 15.2 Å². The van der Waals surface area contributed by atoms with Crippen LogP contribution in [0.2, 0.25) is 0 Å². The van der Waals surface area contributed by atoms with Crippen molar-refractivity contribution in [3.8, 4) is 5.75 Å². The molecule has 1 amide bonds. The molecule has 0 heterocycles. The molecule has 0 saturated heterocycles. The molecule has 1 aromatic carbocycles. The summed E-state index contributed by atoms with van der Waals surface area (Å²) < 4.78 is 18.8. The second kappa shape index (κ2) is 7.85. The monoisotopic (exact) mass is 283 g/mol. The first kappa shape index (κ1) is 16.4. The molecule has 2 atom stereocenters. The molecule has 0 aliphatic rings. The van der Waals surface area contributed by atoms with Gasteiger partial charge in [0.05, 0.1) is 18.3 Å². The average molecular weight is 283 g/mol. The smallest absolute Gasteiger partial charge is 0.255 e. The number of aliphatic hydroxyl groups is 1. The molecule has 5 heteroatoms. The van der Waals surface area contributed by atoms with Gasteiger partial charge >= 0.3 is 0 Å². The number of para-hydroxylation sites is 1. The van der Waals surface area contributed by atoms with Crippen LogP contribution in [0.4, 0.5) is 4.39 Å². The van der Waals surface area contributed by atoms with Crippen LogP contribution in [-0.2, 0) is 0 Å². The molecule has 0 aliphatic heterocycles. The lowest BCUT2D eigenvalue weighted by atomic mass is 10.0. The second-order valence-electron chi connectivity index (χ2n) is 4.71. The second-order valence-corrected chi connectivity index (χ2v) is 4.71. The molecule has 0 radical (unpaired) electrons. The van der Waals surface area contributed by atoms with Crippen LogP contribution in [0.25, 0.3) is 0 Å². The van der Waals surface area contributed by atoms with Crippen molar-refractivity contribution in [2.75, 3.05) is 13.2 Å². The SMILES string of the molecule is CCOc1c(F)cccc1C(=O)NCC(O)C(C)CC. The van der Waals surface area contributed by atoms with E-state index < -0.39 is 17.8 Å². The average Bonchev–Trinajstić information content (AvgIpc) is 2.45. The van der Waals surface area contributed by atoms with E-state index in [1.165, 1.54) is 18.2 Å². The number of ether oxygens (including phenoxy) is 1. The Morgan fingerprint density at radius 1 is 1.45 bits per heavy atom. The first-order valence-corrected chi connectivity index (χ1v) is 6.88. The molecule has 1 aromatic rings. The number of carbonyl (C=O) groups is 1. The molecule has 0 spiro atoms. The summed E-state index contributed by atoms with van der Waals surface area (Å²) in [6.07, 6.45) is 0.203. The van der Waals surface area contributed by atoms with Crippen LogP contribution in [0.5, 0.6) is 5.75 Å². The van der Waals surface area contributed by atoms with Gasteiger partial charge in [-0.2, -0.15) is 0 Å². The standard InChI is InChI=1S/C15H22FNO3/c1-4-10(3)13(18)9-17-15(19)11-7-6-8-12(16)14(11)20-5-2/h6-8,10,13,18H,4-5,9H2,1-3H3,(H,17,19). The van der Waals surface area contributed by atoms with E-state index in [0.29, 0.717) is 0 Å². The highest BCUT2D eigenvalue weighted by molar-refractivity contribution is 5.97. The van der Waals surface area contributed by atoms with Gasteiger partial charge in [-0.15, -0.1) is 0 Å². The maximum Gasteiger partial charge on any atom is 0.255 e. The molecule has 1 rings (SSSR count). The summed E-state index contributed by atoms with van der Waals surface area (Å²) in [4.78, 5) is 12.0. The van der Waals surface area contributed by atoms with Crippen molar-refractivity contribution in [1.82, 2.24) is 5.32 Å². The quantitative estimate of drug-likeness (QED) is 0.807. The normalized spacial score (nSPS) is 13.7. The lowest BCUT2D eigenvalue weighted by molar-refractivity contribution is 0.0846. The lowest BCUT2D eigenvalue weighted by Gasteiger charge is -2.18. The molecule has 0 fully saturated rings. The van der Waals surface area contributed by atoms with E-state index in [1.54, 1.807) is 6.92 Å². The molecule has 4 nitrogen and oxygen atoms in total. The first-order valence-electron chi connectivity index (χ1n) is 6.88. The van der Waals surface area contributed by atoms with Crippen molar-refractivity contribution in [1.29, 1.82) is 0 Å². The van der Waals surface area contributed by atoms with Crippen molar-refractivity contribution in [2.24, 2.45) is 5.92 Å². The molecule has 0 bridgehead atoms. The Morgan fingerprint density at radius 2 is 2.15 bits per heavy atom. The minimum Gasteiger partial charge on any atom is -0.490 e. The van der Waals surface area contributed by atoms with Crippen molar-refractivity contribution in [3.63, 3.8) is 0 Å². The number of halogens is 1. The summed E-state index contributed by atoms with van der Waals surface area (Å²) in [5, 5.41) is 12.4. The van der Waals surface area contributed by atoms with Crippen molar-refractivity contribution in [3.05, 3.63) is 29.6 Å². The Bertz CT molecular complexity index is 451. The van der Waals surface area contributed by atoms with Crippen LogP contribution in [-0.4, -0.2) is 30.3 Å². The molecule has 0 aliphatic carbocycles. The summed E-state index contributed by atoms with van der Waals surface area (Å²) in [6.45, 7) is 6.01. The van der Waals surface area contributed by atoms with E-state index in [9.17, 15) is 14.3 Å². The highest BCUT2D eigenvalue weighted by Gasteiger charge is 2.18. The number of aliphatic hydroxyl groups excluding tert-OH is 1. The molecule has 20 heavy (non-hydrogen) atoms. The Kier molecular flexibility index (Phi) is 6.45. The highest BCUT2D eigenvalue weighted by atomic mass is 19.1. The molecular weight excluding hydrogens is 261 g/mol. The van der Waals surface area contributed by atoms with E-state index in [0.717, 1.165) is 6.42 Å². The summed E-state index contributed by atoms with van der Waals surface area (Å²) in [6, 6.07) is 4.20.